The molecule has 1 heterocycles. The standard InChI is InChI=1S/C11H19NS/c13-8-11(3-4-11)7-12-5-9-1-2-10(9)6-12/h9-10,13H,1-8H2. The van der Waals surface area contributed by atoms with E-state index in [0.29, 0.717) is 5.41 Å². The van der Waals surface area contributed by atoms with Crippen LogP contribution in [0.4, 0.5) is 0 Å². The van der Waals surface area contributed by atoms with Gasteiger partial charge in [-0.3, -0.25) is 0 Å². The Morgan fingerprint density at radius 2 is 1.77 bits per heavy atom. The van der Waals surface area contributed by atoms with Crippen LogP contribution < -0.4 is 0 Å². The van der Waals surface area contributed by atoms with Crippen LogP contribution in [-0.2, 0) is 0 Å². The summed E-state index contributed by atoms with van der Waals surface area (Å²) in [6.45, 7) is 4.16. The summed E-state index contributed by atoms with van der Waals surface area (Å²) in [7, 11) is 0. The smallest absolute Gasteiger partial charge is 0.00460 e. The van der Waals surface area contributed by atoms with Gasteiger partial charge in [-0.25, -0.2) is 0 Å². The Balaban J connectivity index is 1.56. The highest BCUT2D eigenvalue weighted by Crippen LogP contribution is 2.49. The van der Waals surface area contributed by atoms with E-state index in [1.807, 2.05) is 0 Å². The molecule has 0 aromatic rings. The predicted octanol–water partition coefficient (Wildman–Crippen LogP) is 2.04. The van der Waals surface area contributed by atoms with E-state index >= 15 is 0 Å². The number of hydrogen-bond acceptors (Lipinski definition) is 2. The van der Waals surface area contributed by atoms with Crippen molar-refractivity contribution in [1.29, 1.82) is 0 Å². The highest BCUT2D eigenvalue weighted by atomic mass is 32.1. The first-order valence-electron chi connectivity index (χ1n) is 5.65. The van der Waals surface area contributed by atoms with E-state index in [0.717, 1.165) is 17.6 Å². The van der Waals surface area contributed by atoms with Crippen molar-refractivity contribution >= 4 is 12.6 Å². The first-order chi connectivity index (χ1) is 6.31. The average molecular weight is 197 g/mol. The van der Waals surface area contributed by atoms with Gasteiger partial charge in [0.05, 0.1) is 0 Å². The molecule has 0 N–H and O–H groups in total. The topological polar surface area (TPSA) is 3.24 Å². The number of fused-ring (bicyclic) bond motifs is 1. The fraction of sp³-hybridized carbons (Fsp3) is 1.00. The number of rotatable bonds is 3. The Morgan fingerprint density at radius 3 is 2.15 bits per heavy atom. The summed E-state index contributed by atoms with van der Waals surface area (Å²) < 4.78 is 0. The molecular formula is C11H19NS. The Kier molecular flexibility index (Phi) is 1.92. The van der Waals surface area contributed by atoms with Crippen molar-refractivity contribution in [3.05, 3.63) is 0 Å². The molecule has 1 nitrogen and oxygen atoms in total. The normalized spacial score (nSPS) is 41.3. The van der Waals surface area contributed by atoms with Crippen LogP contribution in [0, 0.1) is 17.3 Å². The third-order valence-corrected chi connectivity index (χ3v) is 5.08. The third kappa shape index (κ3) is 1.42. The number of thiol groups is 1. The van der Waals surface area contributed by atoms with E-state index < -0.39 is 0 Å². The van der Waals surface area contributed by atoms with Gasteiger partial charge in [0.15, 0.2) is 0 Å². The van der Waals surface area contributed by atoms with E-state index in [9.17, 15) is 0 Å². The minimum atomic E-state index is 0.646. The monoisotopic (exact) mass is 197 g/mol. The van der Waals surface area contributed by atoms with Gasteiger partial charge in [0.1, 0.15) is 0 Å². The molecular weight excluding hydrogens is 178 g/mol. The van der Waals surface area contributed by atoms with Crippen LogP contribution in [0.15, 0.2) is 0 Å². The minimum Gasteiger partial charge on any atom is -0.302 e. The molecule has 2 saturated carbocycles. The van der Waals surface area contributed by atoms with Crippen LogP contribution in [0.2, 0.25) is 0 Å². The minimum absolute atomic E-state index is 0.646. The van der Waals surface area contributed by atoms with E-state index in [4.69, 9.17) is 0 Å². The molecule has 0 aromatic heterocycles. The first-order valence-corrected chi connectivity index (χ1v) is 6.28. The maximum atomic E-state index is 4.47. The molecule has 0 radical (unpaired) electrons. The van der Waals surface area contributed by atoms with Crippen molar-refractivity contribution in [2.24, 2.45) is 17.3 Å². The lowest BCUT2D eigenvalue weighted by Gasteiger charge is -2.28. The molecule has 3 aliphatic rings. The second-order valence-electron chi connectivity index (χ2n) is 5.45. The Morgan fingerprint density at radius 1 is 1.15 bits per heavy atom. The largest absolute Gasteiger partial charge is 0.302 e. The molecule has 1 saturated heterocycles. The molecule has 74 valence electrons. The van der Waals surface area contributed by atoms with E-state index in [-0.39, 0.29) is 0 Å². The average Bonchev–Trinajstić information content (AvgIpc) is 2.82. The predicted molar refractivity (Wildman–Crippen MR) is 58.2 cm³/mol. The summed E-state index contributed by atoms with van der Waals surface area (Å²) >= 11 is 4.47. The van der Waals surface area contributed by atoms with Gasteiger partial charge in [0.2, 0.25) is 0 Å². The first kappa shape index (κ1) is 8.60. The Labute approximate surface area is 86.3 Å². The molecule has 1 aliphatic heterocycles. The van der Waals surface area contributed by atoms with Crippen LogP contribution in [0.5, 0.6) is 0 Å². The van der Waals surface area contributed by atoms with Crippen LogP contribution in [0.1, 0.15) is 25.7 Å². The quantitative estimate of drug-likeness (QED) is 0.678. The molecule has 2 atom stereocenters. The summed E-state index contributed by atoms with van der Waals surface area (Å²) in [6.07, 6.45) is 5.88. The van der Waals surface area contributed by atoms with Gasteiger partial charge in [-0.05, 0) is 48.7 Å². The number of hydrogen-bond donors (Lipinski definition) is 1. The molecule has 0 bridgehead atoms. The zero-order valence-corrected chi connectivity index (χ0v) is 9.10. The van der Waals surface area contributed by atoms with E-state index in [1.54, 1.807) is 0 Å². The molecule has 0 spiro atoms. The van der Waals surface area contributed by atoms with Crippen LogP contribution in [0.3, 0.4) is 0 Å². The highest BCUT2D eigenvalue weighted by molar-refractivity contribution is 7.80. The van der Waals surface area contributed by atoms with Gasteiger partial charge >= 0.3 is 0 Å². The van der Waals surface area contributed by atoms with Crippen molar-refractivity contribution in [2.75, 3.05) is 25.4 Å². The van der Waals surface area contributed by atoms with Crippen LogP contribution in [0.25, 0.3) is 0 Å². The molecule has 13 heavy (non-hydrogen) atoms. The van der Waals surface area contributed by atoms with Crippen molar-refractivity contribution in [2.45, 2.75) is 25.7 Å². The number of likely N-dealkylation sites (tertiary alicyclic amines) is 1. The fourth-order valence-electron chi connectivity index (χ4n) is 3.00. The fourth-order valence-corrected chi connectivity index (χ4v) is 3.42. The summed E-state index contributed by atoms with van der Waals surface area (Å²) in [5.41, 5.74) is 0.646. The number of nitrogens with zero attached hydrogens (tertiary/aromatic N) is 1. The molecule has 0 amide bonds. The Bertz CT molecular complexity index is 200. The zero-order valence-electron chi connectivity index (χ0n) is 8.21. The van der Waals surface area contributed by atoms with E-state index in [1.165, 1.54) is 45.3 Å². The maximum Gasteiger partial charge on any atom is 0.00460 e. The zero-order chi connectivity index (χ0) is 8.89. The van der Waals surface area contributed by atoms with Gasteiger partial charge in [0.25, 0.3) is 0 Å². The molecule has 2 unspecified atom stereocenters. The van der Waals surface area contributed by atoms with Gasteiger partial charge in [-0.1, -0.05) is 0 Å². The lowest BCUT2D eigenvalue weighted by atomic mass is 9.77. The molecule has 2 heteroatoms. The van der Waals surface area contributed by atoms with Crippen LogP contribution >= 0.6 is 12.6 Å². The molecule has 3 fully saturated rings. The van der Waals surface area contributed by atoms with Crippen LogP contribution in [-0.4, -0.2) is 30.3 Å². The van der Waals surface area contributed by atoms with Crippen molar-refractivity contribution in [1.82, 2.24) is 4.90 Å². The van der Waals surface area contributed by atoms with E-state index in [2.05, 4.69) is 17.5 Å². The van der Waals surface area contributed by atoms with Gasteiger partial charge in [0, 0.05) is 19.6 Å². The van der Waals surface area contributed by atoms with Crippen molar-refractivity contribution < 1.29 is 0 Å². The van der Waals surface area contributed by atoms with Crippen molar-refractivity contribution in [3.8, 4) is 0 Å². The van der Waals surface area contributed by atoms with Crippen molar-refractivity contribution in [3.63, 3.8) is 0 Å². The lowest BCUT2D eigenvalue weighted by molar-refractivity contribution is 0.243. The molecule has 0 aromatic carbocycles. The second kappa shape index (κ2) is 2.90. The highest BCUT2D eigenvalue weighted by Gasteiger charge is 2.46. The second-order valence-corrected chi connectivity index (χ2v) is 5.77. The molecule has 3 rings (SSSR count). The third-order valence-electron chi connectivity index (χ3n) is 4.41. The van der Waals surface area contributed by atoms with Gasteiger partial charge in [-0.2, -0.15) is 12.6 Å². The van der Waals surface area contributed by atoms with Gasteiger partial charge < -0.3 is 4.90 Å². The maximum absolute atomic E-state index is 4.47. The lowest BCUT2D eigenvalue weighted by Crippen LogP contribution is -2.29. The molecule has 2 aliphatic carbocycles. The van der Waals surface area contributed by atoms with Gasteiger partial charge in [-0.15, -0.1) is 0 Å². The summed E-state index contributed by atoms with van der Waals surface area (Å²) in [4.78, 5) is 2.71. The summed E-state index contributed by atoms with van der Waals surface area (Å²) in [5.74, 6) is 3.27. The Hall–Kier alpha value is 0.310. The SMILES string of the molecule is SCC1(CN2CC3CCC3C2)CC1. The summed E-state index contributed by atoms with van der Waals surface area (Å²) in [6, 6.07) is 0. The summed E-state index contributed by atoms with van der Waals surface area (Å²) in [5, 5.41) is 0.